The molecule has 630 valence electrons. The number of hydrogen-bond donors (Lipinski definition) is 10. The third-order valence-corrected chi connectivity index (χ3v) is 20.0. The number of nitrogens with zero attached hydrogens (tertiary/aromatic N) is 4. The Kier molecular flexibility index (Phi) is 40.3. The van der Waals surface area contributed by atoms with Gasteiger partial charge in [0.2, 0.25) is 0 Å². The number of β-amino-alcohol motifs (C(OH)–C–C–N with tert-alkyl or cyclic N) is 3. The fraction of sp³-hybridized carbons (Fsp3) is 0.562. The molecule has 13 atom stereocenters. The van der Waals surface area contributed by atoms with E-state index in [4.69, 9.17) is 58.9 Å². The highest BCUT2D eigenvalue weighted by atomic mass is 16.6. The number of nitrogens with one attached hydrogen (secondary N) is 5. The molecule has 34 nitrogen and oxygen atoms in total. The Bertz CT molecular complexity index is 3690. The molecular formula is C80H116N10O24. The average molecular weight is 1600 g/mol. The topological polar surface area (TPSA) is 451 Å². The van der Waals surface area contributed by atoms with Gasteiger partial charge >= 0.3 is 59.7 Å². The Balaban J connectivity index is 0.000000241. The molecule has 7 fully saturated rings. The number of carbonyl (C=O) groups is 11. The van der Waals surface area contributed by atoms with Crippen LogP contribution in [0, 0.1) is 0 Å². The first kappa shape index (κ1) is 95.3. The Morgan fingerprint density at radius 2 is 0.842 bits per heavy atom. The van der Waals surface area contributed by atoms with Crippen LogP contribution in [0.3, 0.4) is 0 Å². The van der Waals surface area contributed by atoms with E-state index in [0.29, 0.717) is 117 Å². The number of aliphatic carboxylic acids is 1. The van der Waals surface area contributed by atoms with Gasteiger partial charge in [-0.1, -0.05) is 121 Å². The molecule has 7 aliphatic heterocycles. The minimum Gasteiger partial charge on any atom is -0.480 e. The lowest BCUT2D eigenvalue weighted by Gasteiger charge is -2.25. The smallest absolute Gasteiger partial charge is 0.327 e. The van der Waals surface area contributed by atoms with Crippen molar-refractivity contribution < 1.29 is 116 Å². The predicted molar refractivity (Wildman–Crippen MR) is 413 cm³/mol. The molecule has 0 aromatic heterocycles. The minimum atomic E-state index is -1.18. The summed E-state index contributed by atoms with van der Waals surface area (Å²) in [7, 11) is 11.4. The molecule has 0 bridgehead atoms. The number of rotatable bonds is 23. The van der Waals surface area contributed by atoms with Gasteiger partial charge < -0.3 is 95.4 Å². The van der Waals surface area contributed by atoms with Crippen LogP contribution in [-0.2, 0) is 122 Å². The molecule has 0 amide bonds. The van der Waals surface area contributed by atoms with Gasteiger partial charge in [-0.05, 0) is 57.1 Å². The number of benzene rings is 4. The van der Waals surface area contributed by atoms with Crippen molar-refractivity contribution in [1.82, 2.24) is 46.2 Å². The van der Waals surface area contributed by atoms with Crippen molar-refractivity contribution >= 4 is 65.5 Å². The van der Waals surface area contributed by atoms with Crippen LogP contribution in [0.15, 0.2) is 121 Å². The summed E-state index contributed by atoms with van der Waals surface area (Å²) in [5.74, 6) is -3.89. The summed E-state index contributed by atoms with van der Waals surface area (Å²) in [5, 5.41) is 50.3. The van der Waals surface area contributed by atoms with Crippen LogP contribution in [0.2, 0.25) is 0 Å². The van der Waals surface area contributed by atoms with E-state index in [1.54, 1.807) is 34.9 Å². The number of nitrogens with two attached hydrogens (primary N) is 1. The van der Waals surface area contributed by atoms with E-state index in [2.05, 4.69) is 31.3 Å². The Labute approximate surface area is 665 Å². The molecule has 4 aromatic carbocycles. The number of likely N-dealkylation sites (tertiary alicyclic amines) is 4. The third-order valence-electron chi connectivity index (χ3n) is 20.0. The van der Waals surface area contributed by atoms with E-state index in [9.17, 15) is 57.8 Å². The summed E-state index contributed by atoms with van der Waals surface area (Å²) in [5.41, 5.74) is 7.58. The van der Waals surface area contributed by atoms with Crippen LogP contribution in [0.5, 0.6) is 0 Å². The first-order chi connectivity index (χ1) is 54.5. The van der Waals surface area contributed by atoms with Gasteiger partial charge in [0.1, 0.15) is 64.7 Å². The van der Waals surface area contributed by atoms with Gasteiger partial charge in [-0.3, -0.25) is 72.3 Å². The van der Waals surface area contributed by atoms with E-state index in [1.165, 1.54) is 42.7 Å². The highest BCUT2D eigenvalue weighted by Crippen LogP contribution is 2.32. The maximum atomic E-state index is 12.2. The molecule has 0 unspecified atom stereocenters. The summed E-state index contributed by atoms with van der Waals surface area (Å²) in [6.07, 6.45) is 1.07. The summed E-state index contributed by atoms with van der Waals surface area (Å²) in [6.45, 7) is 11.6. The van der Waals surface area contributed by atoms with Crippen LogP contribution in [0.25, 0.3) is 0 Å². The van der Waals surface area contributed by atoms with Crippen LogP contribution < -0.4 is 32.3 Å². The lowest BCUT2D eigenvalue weighted by atomic mass is 9.96. The molecule has 11 N–H and O–H groups in total. The number of methoxy groups -OCH3 is 6. The second-order valence-corrected chi connectivity index (χ2v) is 28.0. The third kappa shape index (κ3) is 28.6. The van der Waals surface area contributed by atoms with Crippen LogP contribution in [-0.4, -0.2) is 305 Å². The highest BCUT2D eigenvalue weighted by molar-refractivity contribution is 5.91. The zero-order valence-electron chi connectivity index (χ0n) is 67.0. The predicted octanol–water partition coefficient (Wildman–Crippen LogP) is 0.166. The monoisotopic (exact) mass is 1600 g/mol. The number of aliphatic hydroxyl groups is 3. The lowest BCUT2D eigenvalue weighted by molar-refractivity contribution is -0.149. The van der Waals surface area contributed by atoms with Crippen LogP contribution >= 0.6 is 0 Å². The molecular weight excluding hydrogens is 1480 g/mol. The van der Waals surface area contributed by atoms with Gasteiger partial charge in [0, 0.05) is 110 Å². The van der Waals surface area contributed by atoms with Crippen molar-refractivity contribution in [2.45, 2.75) is 169 Å². The van der Waals surface area contributed by atoms with Crippen molar-refractivity contribution in [3.05, 3.63) is 144 Å². The van der Waals surface area contributed by atoms with Gasteiger partial charge in [-0.2, -0.15) is 0 Å². The highest BCUT2D eigenvalue weighted by Gasteiger charge is 2.53. The molecule has 7 aliphatic rings. The number of ketones is 1. The van der Waals surface area contributed by atoms with E-state index in [-0.39, 0.29) is 85.0 Å². The van der Waals surface area contributed by atoms with E-state index in [1.807, 2.05) is 141 Å². The number of esters is 9. The first-order valence-electron chi connectivity index (χ1n) is 37.8. The van der Waals surface area contributed by atoms with Crippen molar-refractivity contribution in [2.24, 2.45) is 5.73 Å². The zero-order chi connectivity index (χ0) is 84.1. The largest absolute Gasteiger partial charge is 0.480 e. The number of Topliss-reactive ketones (excluding diaryl/α,β-unsaturated/α-hetero) is 1. The number of hydrogen-bond acceptors (Lipinski definition) is 33. The van der Waals surface area contributed by atoms with Gasteiger partial charge in [-0.15, -0.1) is 0 Å². The normalized spacial score (nSPS) is 26.1. The van der Waals surface area contributed by atoms with Gasteiger partial charge in [0.25, 0.3) is 0 Å². The Morgan fingerprint density at radius 3 is 1.25 bits per heavy atom. The fourth-order valence-corrected chi connectivity index (χ4v) is 14.0. The Morgan fingerprint density at radius 1 is 0.439 bits per heavy atom. The number of carboxylic acids is 1. The maximum absolute atomic E-state index is 12.2. The number of ether oxygens (including phenoxy) is 9. The summed E-state index contributed by atoms with van der Waals surface area (Å²) in [4.78, 5) is 135. The van der Waals surface area contributed by atoms with E-state index < -0.39 is 77.1 Å². The van der Waals surface area contributed by atoms with Gasteiger partial charge in [0.05, 0.1) is 87.3 Å². The molecule has 0 spiro atoms. The van der Waals surface area contributed by atoms with Crippen molar-refractivity contribution in [1.29, 1.82) is 0 Å². The second kappa shape index (κ2) is 48.2. The van der Waals surface area contributed by atoms with Crippen molar-refractivity contribution in [3.63, 3.8) is 0 Å². The first-order valence-corrected chi connectivity index (χ1v) is 37.8. The molecule has 114 heavy (non-hydrogen) atoms. The number of likely N-dealkylation sites (N-methyl/N-ethyl adjacent to an activating group) is 2. The standard InChI is InChI=1S/C16H22N2O4.C15H20N2O4.C14H19NO3.C14H17NO3.C9H16N2O4.C7H13NO3.C5H9NO3/c1-17-16(15(20)22-3)9-13(14(19)21-2)18(11-16)10-12-7-5-4-6-8-12;1-20-13(18)12-8-15(16,14(19)21-2)10-17(12)9-11-6-4-3-5-7-11;2*1-2-18-14(17)13-8-12(16)10-15(13)9-11-6-4-3-5-7-11;1-10-9(8(13)15-3)4-6(11-5-9)7(12)14-2;1-2-11-7(10)6-3-5(9)4-8-6;7-3-1-4(5(8)9)6-2-3/h4-8,13,17H,9-11H2,1-3H3;3-7,12H,8-10,16H2,1-2H3;3-7,12-13,16H,2,8-10H2,1H3;3-7,13H,2,8-10H2,1H3;6,10-11H,4-5H2,1-3H3;5-6,8-9H,2-4H2,1H3;3-4,6-7H,1-2H2,(H,8,9)/t13-,16-;12-,15-;12-,13-;13-;6-,9-;5-,6-;3-,4-/m1111111/s1. The quantitative estimate of drug-likeness (QED) is 0.0349. The molecule has 11 rings (SSSR count). The fourth-order valence-electron chi connectivity index (χ4n) is 14.0. The minimum absolute atomic E-state index is 0.101. The number of carboxylic acid groups (broad SMARTS) is 1. The second-order valence-electron chi connectivity index (χ2n) is 28.0. The maximum Gasteiger partial charge on any atom is 0.327 e. The molecule has 4 aromatic rings. The molecule has 0 radical (unpaired) electrons. The average Bonchev–Trinajstić information content (AvgIpc) is 1.64. The summed E-state index contributed by atoms with van der Waals surface area (Å²) < 4.78 is 43.5. The number of carbonyl (C=O) groups excluding carboxylic acids is 10. The molecule has 7 saturated heterocycles. The molecule has 0 saturated carbocycles. The van der Waals surface area contributed by atoms with Crippen molar-refractivity contribution in [3.8, 4) is 0 Å². The molecule has 34 heteroatoms. The van der Waals surface area contributed by atoms with E-state index in [0.717, 1.165) is 22.3 Å². The summed E-state index contributed by atoms with van der Waals surface area (Å²) in [6, 6.07) is 36.2. The molecule has 7 heterocycles. The van der Waals surface area contributed by atoms with Gasteiger partial charge in [0.15, 0.2) is 0 Å². The zero-order valence-corrected chi connectivity index (χ0v) is 67.0. The van der Waals surface area contributed by atoms with Crippen LogP contribution in [0.1, 0.15) is 88.0 Å². The SMILES string of the molecule is CCOC(=O)[C@H]1CC(=O)CN1Cc1ccccc1.CCOC(=O)[C@H]1C[C@@H](O)CN1.CCOC(=O)[C@H]1C[C@@H](O)CN1Cc1ccccc1.CN[C@@]1(C(=O)OC)CN[C@@H](C(=O)OC)C1.CN[C@]1(C(=O)OC)C[C@H](C(=O)OC)N(Cc2ccccc2)C1.COC(=O)[C@H]1C[C@](N)(C(=O)OC)CN1Cc1ccccc1.O=C(O)[C@H]1C[C@@H](O)CN1. The lowest BCUT2D eigenvalue weighted by Crippen LogP contribution is -2.53. The number of aliphatic hydroxyl groups excluding tert-OH is 3. The van der Waals surface area contributed by atoms with E-state index >= 15 is 0 Å². The van der Waals surface area contributed by atoms with Crippen LogP contribution in [0.4, 0.5) is 0 Å². The summed E-state index contributed by atoms with van der Waals surface area (Å²) >= 11 is 0. The van der Waals surface area contributed by atoms with Gasteiger partial charge in [-0.25, -0.2) is 0 Å². The Hall–Kier alpha value is -9.27. The van der Waals surface area contributed by atoms with Crippen molar-refractivity contribution in [2.75, 3.05) is 122 Å². The molecule has 0 aliphatic carbocycles.